The van der Waals surface area contributed by atoms with E-state index in [-0.39, 0.29) is 29.7 Å². The summed E-state index contributed by atoms with van der Waals surface area (Å²) < 4.78 is 43.0. The highest BCUT2D eigenvalue weighted by Crippen LogP contribution is 2.64. The van der Waals surface area contributed by atoms with Crippen LogP contribution in [0.4, 0.5) is 4.79 Å². The Hall–Kier alpha value is -5.16. The van der Waals surface area contributed by atoms with Gasteiger partial charge in [0.25, 0.3) is 0 Å². The molecule has 2 N–H and O–H groups in total. The van der Waals surface area contributed by atoms with E-state index in [4.69, 9.17) is 33.2 Å². The maximum absolute atomic E-state index is 15.6. The second-order valence-corrected chi connectivity index (χ2v) is 19.9. The van der Waals surface area contributed by atoms with Crippen molar-refractivity contribution >= 4 is 35.8 Å². The number of esters is 4. The van der Waals surface area contributed by atoms with Gasteiger partial charge in [0, 0.05) is 32.1 Å². The largest absolute Gasteiger partial charge is 0.456 e. The van der Waals surface area contributed by atoms with E-state index in [1.807, 2.05) is 0 Å². The van der Waals surface area contributed by atoms with Crippen LogP contribution < -0.4 is 0 Å². The fourth-order valence-corrected chi connectivity index (χ4v) is 10.9. The second-order valence-electron chi connectivity index (χ2n) is 19.9. The minimum absolute atomic E-state index is 0.0445. The highest BCUT2D eigenvalue weighted by molar-refractivity contribution is 5.95. The molecule has 2 saturated carbocycles. The lowest BCUT2D eigenvalue weighted by Gasteiger charge is -2.67. The maximum Gasteiger partial charge on any atom is 0.413 e. The monoisotopic (exact) mass is 889 g/mol. The maximum atomic E-state index is 15.6. The number of rotatable bonds is 7. The molecular weight excluding hydrogens is 831 g/mol. The summed E-state index contributed by atoms with van der Waals surface area (Å²) in [6.07, 6.45) is -10.5. The Morgan fingerprint density at radius 2 is 1.47 bits per heavy atom. The Labute approximate surface area is 372 Å². The van der Waals surface area contributed by atoms with Gasteiger partial charge in [0.05, 0.1) is 29.6 Å². The van der Waals surface area contributed by atoms with Gasteiger partial charge in [0.15, 0.2) is 23.6 Å². The van der Waals surface area contributed by atoms with Crippen LogP contribution in [-0.4, -0.2) is 117 Å². The molecule has 4 fully saturated rings. The molecule has 16 heteroatoms. The van der Waals surface area contributed by atoms with Crippen molar-refractivity contribution < 1.29 is 72.1 Å². The van der Waals surface area contributed by atoms with Crippen LogP contribution in [0.25, 0.3) is 0 Å². The zero-order valence-electron chi connectivity index (χ0n) is 38.2. The number of carbonyl (C=O) groups excluding carboxylic acids is 6. The van der Waals surface area contributed by atoms with Crippen LogP contribution in [0.5, 0.6) is 0 Å². The molecule has 2 aliphatic heterocycles. The second kappa shape index (κ2) is 16.1. The van der Waals surface area contributed by atoms with Gasteiger partial charge < -0.3 is 43.4 Å². The first-order valence-electron chi connectivity index (χ1n) is 21.6. The average Bonchev–Trinajstić information content (AvgIpc) is 3.49. The van der Waals surface area contributed by atoms with Crippen molar-refractivity contribution in [1.29, 1.82) is 0 Å². The zero-order valence-corrected chi connectivity index (χ0v) is 38.2. The lowest BCUT2D eigenvalue weighted by Crippen LogP contribution is -2.82. The van der Waals surface area contributed by atoms with Crippen molar-refractivity contribution in [1.82, 2.24) is 4.90 Å². The van der Waals surface area contributed by atoms with Gasteiger partial charge in [-0.2, -0.15) is 0 Å². The summed E-state index contributed by atoms with van der Waals surface area (Å²) in [7, 11) is 0. The van der Waals surface area contributed by atoms with Crippen molar-refractivity contribution in [3.63, 3.8) is 0 Å². The summed E-state index contributed by atoms with van der Waals surface area (Å²) in [5, 5.41) is 26.0. The van der Waals surface area contributed by atoms with E-state index in [0.717, 1.165) is 6.92 Å². The molecule has 2 saturated heterocycles. The molecule has 64 heavy (non-hydrogen) atoms. The number of ketones is 1. The minimum atomic E-state index is -2.36. The molecule has 1 amide bonds. The number of carbonyl (C=O) groups is 6. The number of hydrogen-bond acceptors (Lipinski definition) is 15. The van der Waals surface area contributed by atoms with Gasteiger partial charge in [-0.1, -0.05) is 62.4 Å². The van der Waals surface area contributed by atoms with E-state index in [1.54, 1.807) is 104 Å². The Bertz CT molecular complexity index is 2250. The molecule has 0 spiro atoms. The lowest BCUT2D eigenvalue weighted by molar-refractivity contribution is -0.346. The highest BCUT2D eigenvalue weighted by atomic mass is 16.6. The Morgan fingerprint density at radius 3 is 2.02 bits per heavy atom. The number of aliphatic hydroxyl groups excluding tert-OH is 1. The Morgan fingerprint density at radius 1 is 0.859 bits per heavy atom. The number of Topliss-reactive ketones (excluding diaryl/α,β-unsaturated/α-hetero) is 1. The summed E-state index contributed by atoms with van der Waals surface area (Å²) in [4.78, 5) is 86.3. The molecular formula is C48H59NO15. The van der Waals surface area contributed by atoms with Crippen molar-refractivity contribution in [2.45, 2.75) is 154 Å². The normalized spacial score (nSPS) is 35.0. The van der Waals surface area contributed by atoms with Gasteiger partial charge in [-0.3, -0.25) is 19.3 Å². The molecule has 3 aliphatic carbocycles. The molecule has 7 rings (SSSR count). The van der Waals surface area contributed by atoms with Gasteiger partial charge in [0.1, 0.15) is 41.3 Å². The fourth-order valence-electron chi connectivity index (χ4n) is 10.9. The van der Waals surface area contributed by atoms with Crippen LogP contribution in [0.1, 0.15) is 111 Å². The number of fused-ring (bicyclic) bond motifs is 5. The van der Waals surface area contributed by atoms with Gasteiger partial charge in [-0.25, -0.2) is 14.4 Å². The van der Waals surface area contributed by atoms with Gasteiger partial charge in [-0.15, -0.1) is 0 Å². The first kappa shape index (κ1) is 46.8. The third-order valence-corrected chi connectivity index (χ3v) is 14.0. The molecule has 16 nitrogen and oxygen atoms in total. The number of aliphatic hydroxyl groups is 2. The quantitative estimate of drug-likeness (QED) is 0.205. The van der Waals surface area contributed by atoms with Crippen LogP contribution in [0.15, 0.2) is 71.8 Å². The number of nitrogens with zero attached hydrogens (tertiary/aromatic N) is 1. The smallest absolute Gasteiger partial charge is 0.413 e. The van der Waals surface area contributed by atoms with Gasteiger partial charge in [0.2, 0.25) is 0 Å². The Balaban J connectivity index is 1.42. The predicted molar refractivity (Wildman–Crippen MR) is 225 cm³/mol. The first-order chi connectivity index (χ1) is 29.7. The molecule has 2 aromatic rings. The molecule has 1 unspecified atom stereocenters. The van der Waals surface area contributed by atoms with Crippen LogP contribution in [0.2, 0.25) is 0 Å². The summed E-state index contributed by atoms with van der Waals surface area (Å²) in [5.41, 5.74) is -9.21. The third kappa shape index (κ3) is 7.49. The van der Waals surface area contributed by atoms with Gasteiger partial charge >= 0.3 is 30.0 Å². The topological polar surface area (TPSA) is 211 Å². The molecule has 2 aromatic carbocycles. The number of amides is 1. The molecule has 5 aliphatic rings. The summed E-state index contributed by atoms with van der Waals surface area (Å²) in [6.45, 7) is 16.6. The molecule has 2 bridgehead atoms. The molecule has 0 radical (unpaired) electrons. The predicted octanol–water partition coefficient (Wildman–Crippen LogP) is 5.32. The van der Waals surface area contributed by atoms with Crippen LogP contribution in [0.3, 0.4) is 0 Å². The lowest BCUT2D eigenvalue weighted by atomic mass is 9.44. The SMILES string of the molecule is CC(=O)O[C@H]1C(=O)[C@@]2(C)[C@H]([C@H](OC(=O)c3ccccc3)[C@]3(O)C[C@H](OC(=O)C4OC(C)(C)N(C(=O)OC(C)(C)C)[C@H]4c4ccccc4)C(C)=C1C3(C)C)[C@]1(OC(C)=O)CO[C@@H]1C[C@@H]2O. The van der Waals surface area contributed by atoms with Gasteiger partial charge in [-0.05, 0) is 77.3 Å². The van der Waals surface area contributed by atoms with Crippen molar-refractivity contribution in [2.75, 3.05) is 6.61 Å². The highest BCUT2D eigenvalue weighted by Gasteiger charge is 2.78. The van der Waals surface area contributed by atoms with E-state index < -0.39 is 124 Å². The van der Waals surface area contributed by atoms with E-state index in [2.05, 4.69) is 0 Å². The van der Waals surface area contributed by atoms with E-state index in [9.17, 15) is 34.2 Å². The third-order valence-electron chi connectivity index (χ3n) is 14.0. The van der Waals surface area contributed by atoms with Crippen molar-refractivity contribution in [3.05, 3.63) is 82.9 Å². The number of ether oxygens (including phenoxy) is 7. The number of benzene rings is 2. The molecule has 346 valence electrons. The number of hydrogen-bond donors (Lipinski definition) is 2. The minimum Gasteiger partial charge on any atom is -0.456 e. The summed E-state index contributed by atoms with van der Waals surface area (Å²) in [6, 6.07) is 15.6. The van der Waals surface area contributed by atoms with Crippen LogP contribution in [-0.2, 0) is 52.3 Å². The van der Waals surface area contributed by atoms with E-state index >= 15 is 4.79 Å². The molecule has 11 atom stereocenters. The standard InChI is InChI=1S/C48H59NO15/c1-25-30(60-41(55)36-34(28-18-14-12-15-19-28)49(45(9,10)63-36)42(56)64-43(4,5)6)23-48(57)39(61-40(54)29-20-16-13-17-21-29)37-46(11,31(52)22-32-47(37,24-58-32)62-27(3)51)38(53)35(59-26(2)50)33(25)44(48,7)8/h12-21,30-32,34-37,39,52,57H,22-24H2,1-11H3/t30-,31-,32+,34-,35+,36?,37-,39-,46+,47-,48+/m0/s1. The zero-order chi connectivity index (χ0) is 47.1. The van der Waals surface area contributed by atoms with Crippen molar-refractivity contribution in [3.8, 4) is 0 Å². The first-order valence-corrected chi connectivity index (χ1v) is 21.6. The van der Waals surface area contributed by atoms with E-state index in [1.165, 1.54) is 30.9 Å². The molecule has 0 aromatic heterocycles. The summed E-state index contributed by atoms with van der Waals surface area (Å²) in [5.74, 6) is -5.86. The Kier molecular flexibility index (Phi) is 11.8. The fraction of sp³-hybridized carbons (Fsp3) is 0.583. The van der Waals surface area contributed by atoms with Crippen LogP contribution >= 0.6 is 0 Å². The van der Waals surface area contributed by atoms with Crippen LogP contribution in [0, 0.1) is 16.7 Å². The average molecular weight is 890 g/mol. The van der Waals surface area contributed by atoms with E-state index in [0.29, 0.717) is 5.56 Å². The summed E-state index contributed by atoms with van der Waals surface area (Å²) >= 11 is 0. The van der Waals surface area contributed by atoms with Crippen molar-refractivity contribution in [2.24, 2.45) is 16.7 Å². The molecule has 2 heterocycles.